The van der Waals surface area contributed by atoms with Crippen molar-refractivity contribution >= 4 is 29.5 Å². The molecule has 0 aromatic heterocycles. The highest BCUT2D eigenvalue weighted by Crippen LogP contribution is 2.31. The average molecular weight is 470 g/mol. The normalized spacial score (nSPS) is 19.3. The summed E-state index contributed by atoms with van der Waals surface area (Å²) in [5.74, 6) is -2.01. The zero-order valence-electron chi connectivity index (χ0n) is 19.0. The quantitative estimate of drug-likeness (QED) is 0.721. The zero-order valence-corrected chi connectivity index (χ0v) is 19.0. The van der Waals surface area contributed by atoms with Gasteiger partial charge in [0.15, 0.2) is 11.6 Å². The summed E-state index contributed by atoms with van der Waals surface area (Å²) in [4.78, 5) is 43.3. The van der Waals surface area contributed by atoms with Crippen LogP contribution in [0.4, 0.5) is 29.7 Å². The van der Waals surface area contributed by atoms with E-state index in [4.69, 9.17) is 14.3 Å². The molecular weight excluding hydrogens is 442 g/mol. The minimum atomic E-state index is -0.867. The van der Waals surface area contributed by atoms with Crippen LogP contribution in [0.5, 0.6) is 0 Å². The van der Waals surface area contributed by atoms with Gasteiger partial charge in [-0.05, 0) is 20.8 Å². The molecule has 3 amide bonds. The molecule has 10 nitrogen and oxygen atoms in total. The van der Waals surface area contributed by atoms with Crippen LogP contribution in [0.15, 0.2) is 12.1 Å². The zero-order chi connectivity index (χ0) is 24.3. The summed E-state index contributed by atoms with van der Waals surface area (Å²) in [6.07, 6.45) is -2.07. The van der Waals surface area contributed by atoms with Gasteiger partial charge in [-0.25, -0.2) is 18.4 Å². The van der Waals surface area contributed by atoms with Crippen molar-refractivity contribution in [2.75, 3.05) is 49.1 Å². The van der Waals surface area contributed by atoms with E-state index in [0.29, 0.717) is 0 Å². The van der Waals surface area contributed by atoms with E-state index < -0.39 is 35.5 Å². The summed E-state index contributed by atoms with van der Waals surface area (Å²) >= 11 is 0. The van der Waals surface area contributed by atoms with Gasteiger partial charge < -0.3 is 19.7 Å². The Morgan fingerprint density at radius 2 is 1.85 bits per heavy atom. The number of hydroxylamine groups is 2. The van der Waals surface area contributed by atoms with E-state index in [1.807, 2.05) is 0 Å². The highest BCUT2D eigenvalue weighted by Gasteiger charge is 2.34. The Morgan fingerprint density at radius 3 is 2.45 bits per heavy atom. The Kier molecular flexibility index (Phi) is 7.25. The number of hydrogen-bond acceptors (Lipinski definition) is 7. The van der Waals surface area contributed by atoms with Gasteiger partial charge in [-0.2, -0.15) is 5.06 Å². The van der Waals surface area contributed by atoms with E-state index in [1.54, 1.807) is 20.8 Å². The molecule has 2 heterocycles. The number of benzene rings is 1. The molecule has 0 saturated carbocycles. The average Bonchev–Trinajstić information content (AvgIpc) is 2.90. The van der Waals surface area contributed by atoms with Gasteiger partial charge in [-0.1, -0.05) is 0 Å². The molecule has 3 rings (SSSR count). The number of cyclic esters (lactones) is 1. The second kappa shape index (κ2) is 9.77. The van der Waals surface area contributed by atoms with Gasteiger partial charge in [0, 0.05) is 32.1 Å². The first-order chi connectivity index (χ1) is 15.4. The smallest absolute Gasteiger partial charge is 0.434 e. The van der Waals surface area contributed by atoms with E-state index >= 15 is 0 Å². The Balaban J connectivity index is 1.70. The van der Waals surface area contributed by atoms with Crippen molar-refractivity contribution in [2.24, 2.45) is 0 Å². The monoisotopic (exact) mass is 470 g/mol. The molecule has 0 aliphatic carbocycles. The summed E-state index contributed by atoms with van der Waals surface area (Å²) in [6, 6.07) is 2.11. The van der Waals surface area contributed by atoms with E-state index in [1.165, 1.54) is 11.8 Å². The Hall–Kier alpha value is -3.15. The Morgan fingerprint density at radius 1 is 1.18 bits per heavy atom. The standard InChI is InChI=1S/C21H28F2N4O6/c1-13(28)24-11-15-12-26(19(29)32-15)14-9-16(22)18(17(23)10-14)25-5-6-27(31-8-7-25)20(30)33-21(2,3)4/h9-10,15H,5-8,11-12H2,1-4H3,(H,24,28)/t15-/m0/s1. The van der Waals surface area contributed by atoms with Crippen LogP contribution in [0.1, 0.15) is 27.7 Å². The lowest BCUT2D eigenvalue weighted by molar-refractivity contribution is -0.137. The molecule has 0 radical (unpaired) electrons. The van der Waals surface area contributed by atoms with Crippen molar-refractivity contribution in [1.29, 1.82) is 0 Å². The fourth-order valence-corrected chi connectivity index (χ4v) is 3.44. The molecule has 2 aliphatic heterocycles. The van der Waals surface area contributed by atoms with Gasteiger partial charge >= 0.3 is 12.2 Å². The predicted molar refractivity (Wildman–Crippen MR) is 114 cm³/mol. The fraction of sp³-hybridized carbons (Fsp3) is 0.571. The third-order valence-corrected chi connectivity index (χ3v) is 4.86. The van der Waals surface area contributed by atoms with Crippen LogP contribution < -0.4 is 15.1 Å². The molecule has 2 saturated heterocycles. The van der Waals surface area contributed by atoms with Crippen molar-refractivity contribution in [1.82, 2.24) is 10.4 Å². The van der Waals surface area contributed by atoms with E-state index in [0.717, 1.165) is 22.1 Å². The Bertz CT molecular complexity index is 900. The summed E-state index contributed by atoms with van der Waals surface area (Å²) in [5, 5.41) is 3.57. The molecule has 1 N–H and O–H groups in total. The second-order valence-electron chi connectivity index (χ2n) is 8.71. The molecule has 2 fully saturated rings. The van der Waals surface area contributed by atoms with Crippen LogP contribution >= 0.6 is 0 Å². The predicted octanol–water partition coefficient (Wildman–Crippen LogP) is 2.41. The van der Waals surface area contributed by atoms with Crippen LogP contribution in [0.3, 0.4) is 0 Å². The lowest BCUT2D eigenvalue weighted by atomic mass is 10.2. The van der Waals surface area contributed by atoms with Crippen molar-refractivity contribution in [3.63, 3.8) is 0 Å². The summed E-state index contributed by atoms with van der Waals surface area (Å²) < 4.78 is 40.4. The minimum Gasteiger partial charge on any atom is -0.442 e. The number of nitrogens with zero attached hydrogens (tertiary/aromatic N) is 3. The number of amides is 3. The molecule has 1 atom stereocenters. The lowest BCUT2D eigenvalue weighted by Gasteiger charge is -2.26. The molecule has 33 heavy (non-hydrogen) atoms. The van der Waals surface area contributed by atoms with Crippen LogP contribution in [0, 0.1) is 11.6 Å². The molecule has 12 heteroatoms. The summed E-state index contributed by atoms with van der Waals surface area (Å²) in [5.41, 5.74) is -0.987. The topological polar surface area (TPSA) is 101 Å². The number of carbonyl (C=O) groups is 3. The molecular formula is C21H28F2N4O6. The van der Waals surface area contributed by atoms with Crippen LogP contribution in [-0.2, 0) is 19.1 Å². The third kappa shape index (κ3) is 6.21. The number of halogens is 2. The first-order valence-corrected chi connectivity index (χ1v) is 10.5. The third-order valence-electron chi connectivity index (χ3n) is 4.86. The minimum absolute atomic E-state index is 0.00512. The lowest BCUT2D eigenvalue weighted by Crippen LogP contribution is -2.38. The largest absolute Gasteiger partial charge is 0.442 e. The molecule has 1 aromatic rings. The SMILES string of the molecule is CC(=O)NC[C@H]1CN(c2cc(F)c(N3CCON(C(=O)OC(C)(C)C)CC3)c(F)c2)C(=O)O1. The number of hydrogen-bond donors (Lipinski definition) is 1. The number of nitrogens with one attached hydrogen (secondary N) is 1. The second-order valence-corrected chi connectivity index (χ2v) is 8.71. The van der Waals surface area contributed by atoms with Crippen LogP contribution in [0.25, 0.3) is 0 Å². The Labute approximate surface area is 190 Å². The fourth-order valence-electron chi connectivity index (χ4n) is 3.44. The molecule has 1 aromatic carbocycles. The van der Waals surface area contributed by atoms with E-state index in [9.17, 15) is 23.2 Å². The molecule has 0 spiro atoms. The number of ether oxygens (including phenoxy) is 2. The summed E-state index contributed by atoms with van der Waals surface area (Å²) in [6.45, 7) is 6.94. The molecule has 182 valence electrons. The van der Waals surface area contributed by atoms with Gasteiger partial charge in [-0.15, -0.1) is 0 Å². The molecule has 0 bridgehead atoms. The number of anilines is 2. The van der Waals surface area contributed by atoms with E-state index in [-0.39, 0.29) is 56.6 Å². The van der Waals surface area contributed by atoms with Crippen molar-refractivity contribution in [3.05, 3.63) is 23.8 Å². The van der Waals surface area contributed by atoms with Gasteiger partial charge in [0.25, 0.3) is 0 Å². The van der Waals surface area contributed by atoms with Crippen LogP contribution in [-0.4, -0.2) is 74.2 Å². The van der Waals surface area contributed by atoms with Gasteiger partial charge in [0.2, 0.25) is 5.91 Å². The van der Waals surface area contributed by atoms with Crippen molar-refractivity contribution in [3.8, 4) is 0 Å². The maximum atomic E-state index is 15.0. The van der Waals surface area contributed by atoms with E-state index in [2.05, 4.69) is 5.32 Å². The maximum Gasteiger partial charge on any atom is 0.434 e. The first kappa shape index (κ1) is 24.5. The summed E-state index contributed by atoms with van der Waals surface area (Å²) in [7, 11) is 0. The molecule has 0 unspecified atom stereocenters. The van der Waals surface area contributed by atoms with Crippen molar-refractivity contribution in [2.45, 2.75) is 39.4 Å². The van der Waals surface area contributed by atoms with Crippen molar-refractivity contribution < 1.29 is 37.5 Å². The highest BCUT2D eigenvalue weighted by molar-refractivity contribution is 5.90. The first-order valence-electron chi connectivity index (χ1n) is 10.5. The van der Waals surface area contributed by atoms with Crippen LogP contribution in [0.2, 0.25) is 0 Å². The molecule has 2 aliphatic rings. The number of rotatable bonds is 4. The van der Waals surface area contributed by atoms with Gasteiger partial charge in [0.05, 0.1) is 31.9 Å². The number of carbonyl (C=O) groups excluding carboxylic acids is 3. The van der Waals surface area contributed by atoms with Gasteiger partial charge in [0.1, 0.15) is 17.4 Å². The van der Waals surface area contributed by atoms with Gasteiger partial charge in [-0.3, -0.25) is 14.5 Å². The highest BCUT2D eigenvalue weighted by atomic mass is 19.1. The maximum absolute atomic E-state index is 15.0.